The van der Waals surface area contributed by atoms with E-state index < -0.39 is 0 Å². The van der Waals surface area contributed by atoms with Crippen molar-refractivity contribution in [2.24, 2.45) is 17.8 Å². The van der Waals surface area contributed by atoms with Crippen LogP contribution in [0.4, 0.5) is 5.69 Å². The molecular weight excluding hydrogens is 370 g/mol. The molecule has 2 aromatic rings. The monoisotopic (exact) mass is 397 g/mol. The van der Waals surface area contributed by atoms with Gasteiger partial charge in [0.1, 0.15) is 5.02 Å². The number of anilines is 1. The van der Waals surface area contributed by atoms with Gasteiger partial charge in [-0.1, -0.05) is 48.9 Å². The molecule has 4 saturated carbocycles. The van der Waals surface area contributed by atoms with E-state index >= 15 is 0 Å². The van der Waals surface area contributed by atoms with Gasteiger partial charge in [-0.2, -0.15) is 5.10 Å². The Bertz CT molecular complexity index is 888. The average Bonchev–Trinajstić information content (AvgIpc) is 2.68. The van der Waals surface area contributed by atoms with Crippen LogP contribution in [0.5, 0.6) is 0 Å². The van der Waals surface area contributed by atoms with Crippen molar-refractivity contribution in [2.75, 3.05) is 11.9 Å². The lowest BCUT2D eigenvalue weighted by Gasteiger charge is -2.56. The fourth-order valence-corrected chi connectivity index (χ4v) is 6.58. The quantitative estimate of drug-likeness (QED) is 0.768. The molecule has 6 rings (SSSR count). The second kappa shape index (κ2) is 6.91. The van der Waals surface area contributed by atoms with Crippen LogP contribution in [0.3, 0.4) is 0 Å². The number of hydrogen-bond acceptors (Lipinski definition) is 3. The van der Waals surface area contributed by atoms with Gasteiger partial charge < -0.3 is 5.32 Å². The third-order valence-corrected chi connectivity index (χ3v) is 7.71. The highest BCUT2D eigenvalue weighted by molar-refractivity contribution is 6.32. The molecule has 0 unspecified atom stereocenters. The Morgan fingerprint density at radius 2 is 1.75 bits per heavy atom. The molecule has 0 saturated heterocycles. The summed E-state index contributed by atoms with van der Waals surface area (Å²) < 4.78 is 1.76. The van der Waals surface area contributed by atoms with Crippen LogP contribution in [-0.2, 0) is 5.54 Å². The highest BCUT2D eigenvalue weighted by Gasteiger charge is 2.53. The normalized spacial score (nSPS) is 31.7. The number of hydrogen-bond donors (Lipinski definition) is 1. The molecule has 0 aliphatic heterocycles. The van der Waals surface area contributed by atoms with Crippen molar-refractivity contribution >= 4 is 17.3 Å². The van der Waals surface area contributed by atoms with Crippen LogP contribution in [0, 0.1) is 17.8 Å². The van der Waals surface area contributed by atoms with Crippen LogP contribution in [0.25, 0.3) is 0 Å². The second-order valence-corrected chi connectivity index (χ2v) is 9.80. The van der Waals surface area contributed by atoms with Gasteiger partial charge in [0.05, 0.1) is 17.4 Å². The zero-order valence-electron chi connectivity index (χ0n) is 16.4. The van der Waals surface area contributed by atoms with Crippen LogP contribution >= 0.6 is 11.6 Å². The van der Waals surface area contributed by atoms with Crippen LogP contribution in [0.1, 0.15) is 56.9 Å². The summed E-state index contributed by atoms with van der Waals surface area (Å²) in [5.74, 6) is 2.62. The Hall–Kier alpha value is -1.81. The molecule has 28 heavy (non-hydrogen) atoms. The van der Waals surface area contributed by atoms with E-state index in [2.05, 4.69) is 29.5 Å². The zero-order valence-corrected chi connectivity index (χ0v) is 17.2. The van der Waals surface area contributed by atoms with Crippen LogP contribution in [0.2, 0.25) is 5.02 Å². The third-order valence-electron chi connectivity index (χ3n) is 7.34. The minimum absolute atomic E-state index is 0.0919. The van der Waals surface area contributed by atoms with E-state index in [0.29, 0.717) is 18.2 Å². The minimum atomic E-state index is -0.124. The lowest BCUT2D eigenvalue weighted by molar-refractivity contribution is -0.0518. The molecule has 0 amide bonds. The van der Waals surface area contributed by atoms with E-state index in [-0.39, 0.29) is 16.1 Å². The summed E-state index contributed by atoms with van der Waals surface area (Å²) in [5.41, 5.74) is 1.70. The fraction of sp³-hybridized carbons (Fsp3) is 0.565. The highest BCUT2D eigenvalue weighted by atomic mass is 35.5. The van der Waals surface area contributed by atoms with Crippen molar-refractivity contribution < 1.29 is 0 Å². The van der Waals surface area contributed by atoms with E-state index in [4.69, 9.17) is 11.6 Å². The molecule has 1 aromatic carbocycles. The first-order valence-corrected chi connectivity index (χ1v) is 11.0. The summed E-state index contributed by atoms with van der Waals surface area (Å²) in [7, 11) is 0. The number of rotatable bonds is 5. The van der Waals surface area contributed by atoms with Crippen molar-refractivity contribution in [2.45, 2.75) is 56.9 Å². The molecule has 4 bridgehead atoms. The molecule has 4 aliphatic carbocycles. The fourth-order valence-electron chi connectivity index (χ4n) is 6.38. The number of halogens is 1. The highest BCUT2D eigenvalue weighted by Crippen LogP contribution is 2.58. The topological polar surface area (TPSA) is 46.9 Å². The van der Waals surface area contributed by atoms with Crippen molar-refractivity contribution in [1.82, 2.24) is 9.78 Å². The molecule has 1 aromatic heterocycles. The Balaban J connectivity index is 1.37. The SMILES string of the molecule is C[C@@H](CNc1cnn(C23CC4CC(CC(C4)C2)C3)c(=O)c1Cl)c1ccccc1. The van der Waals surface area contributed by atoms with Crippen molar-refractivity contribution in [3.05, 3.63) is 57.5 Å². The number of nitrogens with one attached hydrogen (secondary N) is 1. The first kappa shape index (κ1) is 18.2. The molecule has 4 aliphatic rings. The average molecular weight is 398 g/mol. The van der Waals surface area contributed by atoms with E-state index in [9.17, 15) is 4.79 Å². The molecule has 148 valence electrons. The Kier molecular flexibility index (Phi) is 4.50. The van der Waals surface area contributed by atoms with Crippen molar-refractivity contribution in [1.29, 1.82) is 0 Å². The molecule has 4 nitrogen and oxygen atoms in total. The molecule has 1 heterocycles. The minimum Gasteiger partial charge on any atom is -0.382 e. The molecule has 5 heteroatoms. The number of aromatic nitrogens is 2. The largest absolute Gasteiger partial charge is 0.382 e. The summed E-state index contributed by atoms with van der Waals surface area (Å²) >= 11 is 6.53. The van der Waals surface area contributed by atoms with Gasteiger partial charge in [0.15, 0.2) is 0 Å². The number of nitrogens with zero attached hydrogens (tertiary/aromatic N) is 2. The molecule has 1 N–H and O–H groups in total. The standard InChI is InChI=1S/C23H28ClN3O/c1-15(19-5-3-2-4-6-19)13-25-20-14-26-27(22(28)21(20)24)23-10-16-7-17(11-23)9-18(8-16)12-23/h2-6,14-18,25H,7-13H2,1H3/t15-,16?,17?,18?,23?/m0/s1. The summed E-state index contributed by atoms with van der Waals surface area (Å²) in [6.45, 7) is 2.88. The van der Waals surface area contributed by atoms with Gasteiger partial charge in [-0.3, -0.25) is 4.79 Å². The summed E-state index contributed by atoms with van der Waals surface area (Å²) in [6.07, 6.45) is 9.09. The van der Waals surface area contributed by atoms with Crippen LogP contribution in [0.15, 0.2) is 41.3 Å². The third kappa shape index (κ3) is 3.06. The van der Waals surface area contributed by atoms with Gasteiger partial charge in [0.25, 0.3) is 5.56 Å². The lowest BCUT2D eigenvalue weighted by atomic mass is 9.53. The zero-order chi connectivity index (χ0) is 19.3. The maximum absolute atomic E-state index is 13.1. The molecule has 4 fully saturated rings. The summed E-state index contributed by atoms with van der Waals surface area (Å²) in [6, 6.07) is 10.4. The van der Waals surface area contributed by atoms with Crippen LogP contribution in [-0.4, -0.2) is 16.3 Å². The second-order valence-electron chi connectivity index (χ2n) is 9.42. The maximum Gasteiger partial charge on any atom is 0.288 e. The first-order valence-electron chi connectivity index (χ1n) is 10.6. The van der Waals surface area contributed by atoms with E-state index in [0.717, 1.165) is 37.0 Å². The Morgan fingerprint density at radius 1 is 1.14 bits per heavy atom. The summed E-state index contributed by atoms with van der Waals surface area (Å²) in [4.78, 5) is 13.1. The first-order chi connectivity index (χ1) is 13.5. The summed E-state index contributed by atoms with van der Waals surface area (Å²) in [5, 5.41) is 8.27. The van der Waals surface area contributed by atoms with Gasteiger partial charge >= 0.3 is 0 Å². The van der Waals surface area contributed by atoms with Gasteiger partial charge in [-0.15, -0.1) is 0 Å². The predicted octanol–water partition coefficient (Wildman–Crippen LogP) is 5.04. The molecular formula is C23H28ClN3O. The number of benzene rings is 1. The molecule has 0 spiro atoms. The van der Waals surface area contributed by atoms with Gasteiger partial charge in [0.2, 0.25) is 0 Å². The maximum atomic E-state index is 13.1. The Morgan fingerprint density at radius 3 is 2.36 bits per heavy atom. The molecule has 0 radical (unpaired) electrons. The van der Waals surface area contributed by atoms with Crippen LogP contribution < -0.4 is 10.9 Å². The van der Waals surface area contributed by atoms with E-state index in [1.165, 1.54) is 24.8 Å². The van der Waals surface area contributed by atoms with E-state index in [1.807, 2.05) is 18.2 Å². The van der Waals surface area contributed by atoms with Crippen molar-refractivity contribution in [3.63, 3.8) is 0 Å². The smallest absolute Gasteiger partial charge is 0.288 e. The molecule has 1 atom stereocenters. The van der Waals surface area contributed by atoms with Gasteiger partial charge in [0, 0.05) is 6.54 Å². The van der Waals surface area contributed by atoms with Gasteiger partial charge in [-0.25, -0.2) is 4.68 Å². The van der Waals surface area contributed by atoms with Crippen molar-refractivity contribution in [3.8, 4) is 0 Å². The van der Waals surface area contributed by atoms with E-state index in [1.54, 1.807) is 10.9 Å². The Labute approximate surface area is 171 Å². The van der Waals surface area contributed by atoms with Gasteiger partial charge in [-0.05, 0) is 67.8 Å². The lowest BCUT2D eigenvalue weighted by Crippen LogP contribution is -2.55. The predicted molar refractivity (Wildman–Crippen MR) is 113 cm³/mol.